The Labute approximate surface area is 245 Å². The number of piperidine rings is 2. The minimum absolute atomic E-state index is 0.0116. The van der Waals surface area contributed by atoms with Gasteiger partial charge in [-0.25, -0.2) is 9.40 Å². The molecule has 5 aliphatic rings. The fourth-order valence-electron chi connectivity index (χ4n) is 6.32. The maximum atomic E-state index is 14.2. The summed E-state index contributed by atoms with van der Waals surface area (Å²) in [5.41, 5.74) is 9.90. The minimum atomic E-state index is -0.222. The van der Waals surface area contributed by atoms with Crippen LogP contribution >= 0.6 is 0 Å². The molecule has 1 atom stereocenters. The van der Waals surface area contributed by atoms with Crippen LogP contribution in [-0.2, 0) is 0 Å². The van der Waals surface area contributed by atoms with E-state index in [9.17, 15) is 4.39 Å². The zero-order valence-electron chi connectivity index (χ0n) is 23.5. The van der Waals surface area contributed by atoms with Crippen molar-refractivity contribution in [2.75, 3.05) is 19.6 Å². The number of amidine groups is 1. The molecule has 2 aromatic rings. The van der Waals surface area contributed by atoms with E-state index < -0.39 is 0 Å². The molecular formula is C34H33FN6O. The largest absolute Gasteiger partial charge is 0.365 e. The van der Waals surface area contributed by atoms with Gasteiger partial charge in [-0.2, -0.15) is 4.98 Å². The van der Waals surface area contributed by atoms with Gasteiger partial charge in [0, 0.05) is 31.1 Å². The molecule has 1 aromatic carbocycles. The van der Waals surface area contributed by atoms with Crippen molar-refractivity contribution in [3.05, 3.63) is 137 Å². The molecule has 0 radical (unpaired) electrons. The van der Waals surface area contributed by atoms with Crippen LogP contribution in [0.3, 0.4) is 0 Å². The topological polar surface area (TPSA) is 61.0 Å². The quantitative estimate of drug-likeness (QED) is 0.307. The van der Waals surface area contributed by atoms with Crippen molar-refractivity contribution in [2.45, 2.75) is 44.1 Å². The van der Waals surface area contributed by atoms with Gasteiger partial charge in [0.2, 0.25) is 5.89 Å². The molecule has 42 heavy (non-hydrogen) atoms. The molecule has 1 aromatic heterocycles. The first-order chi connectivity index (χ1) is 20.6. The predicted octanol–water partition coefficient (Wildman–Crippen LogP) is 6.67. The number of rotatable bonds is 4. The Morgan fingerprint density at radius 3 is 2.81 bits per heavy atom. The highest BCUT2D eigenvalue weighted by molar-refractivity contribution is 5.94. The molecule has 0 N–H and O–H groups in total. The predicted molar refractivity (Wildman–Crippen MR) is 160 cm³/mol. The van der Waals surface area contributed by atoms with Crippen molar-refractivity contribution in [1.82, 2.24) is 24.9 Å². The first kappa shape index (κ1) is 26.2. The third-order valence-electron chi connectivity index (χ3n) is 8.57. The Balaban J connectivity index is 1.12. The first-order valence-electron chi connectivity index (χ1n) is 14.7. The second-order valence-corrected chi connectivity index (χ2v) is 11.2. The Bertz CT molecular complexity index is 1630. The summed E-state index contributed by atoms with van der Waals surface area (Å²) >= 11 is 0. The van der Waals surface area contributed by atoms with Crippen molar-refractivity contribution in [3.63, 3.8) is 0 Å². The average Bonchev–Trinajstić information content (AvgIpc) is 3.46. The van der Waals surface area contributed by atoms with Crippen molar-refractivity contribution < 1.29 is 8.91 Å². The highest BCUT2D eigenvalue weighted by atomic mass is 19.1. The lowest BCUT2D eigenvalue weighted by molar-refractivity contribution is 0.238. The summed E-state index contributed by atoms with van der Waals surface area (Å²) in [7, 11) is 0. The number of hydrogen-bond acceptors (Lipinski definition) is 7. The number of likely N-dealkylation sites (tertiary alicyclic amines) is 2. The molecule has 1 unspecified atom stereocenters. The zero-order chi connectivity index (χ0) is 28.5. The lowest BCUT2D eigenvalue weighted by atomic mass is 9.92. The summed E-state index contributed by atoms with van der Waals surface area (Å²) in [6.07, 6.45) is 23.0. The summed E-state index contributed by atoms with van der Waals surface area (Å²) < 4.78 is 19.5. The third-order valence-corrected chi connectivity index (χ3v) is 8.57. The van der Waals surface area contributed by atoms with Crippen LogP contribution < -0.4 is 0 Å². The average molecular weight is 561 g/mol. The molecule has 2 fully saturated rings. The molecule has 0 amide bonds. The van der Waals surface area contributed by atoms with Crippen molar-refractivity contribution in [2.24, 2.45) is 5.10 Å². The number of fused-ring (bicyclic) bond motifs is 1. The molecule has 0 saturated carbocycles. The standard InChI is InChI=1S/C34H33FN6O/c1-24-15-20-40(32(21-24)27-6-2-7-28(35)22-27)33-14-13-30-9-4-10-31(41(30)38-33)25-5-3-8-29(12-11-25)39-18-16-26(17-19-39)34-36-23-37-42-34/h2-3,5-11,13-14,22-23,26,32H,1,4,15-21H2. The van der Waals surface area contributed by atoms with Crippen LogP contribution in [0, 0.1) is 5.82 Å². The van der Waals surface area contributed by atoms with Gasteiger partial charge in [-0.1, -0.05) is 59.5 Å². The van der Waals surface area contributed by atoms with Crippen LogP contribution in [0.1, 0.15) is 55.5 Å². The van der Waals surface area contributed by atoms with Gasteiger partial charge in [0.15, 0.2) is 6.33 Å². The van der Waals surface area contributed by atoms with Crippen molar-refractivity contribution in [3.8, 4) is 0 Å². The second-order valence-electron chi connectivity index (χ2n) is 11.2. The van der Waals surface area contributed by atoms with Crippen LogP contribution in [-0.4, -0.2) is 50.4 Å². The van der Waals surface area contributed by atoms with E-state index in [1.165, 1.54) is 18.0 Å². The minimum Gasteiger partial charge on any atom is -0.365 e. The molecular weight excluding hydrogens is 527 g/mol. The molecule has 4 aliphatic heterocycles. The van der Waals surface area contributed by atoms with Gasteiger partial charge < -0.3 is 14.3 Å². The van der Waals surface area contributed by atoms with Gasteiger partial charge in [0.1, 0.15) is 11.7 Å². The molecule has 5 heterocycles. The van der Waals surface area contributed by atoms with E-state index in [2.05, 4.69) is 80.9 Å². The Morgan fingerprint density at radius 1 is 1.07 bits per heavy atom. The van der Waals surface area contributed by atoms with E-state index in [1.54, 1.807) is 12.1 Å². The van der Waals surface area contributed by atoms with Crippen molar-refractivity contribution >= 4 is 5.84 Å². The number of hydrazone groups is 1. The number of benzene rings is 1. The number of aromatic nitrogens is 2. The van der Waals surface area contributed by atoms with E-state index in [0.717, 1.165) is 91.7 Å². The number of halogens is 1. The third kappa shape index (κ3) is 5.21. The van der Waals surface area contributed by atoms with E-state index >= 15 is 0 Å². The van der Waals surface area contributed by atoms with Gasteiger partial charge in [-0.15, -0.1) is 5.10 Å². The van der Waals surface area contributed by atoms with Gasteiger partial charge in [-0.3, -0.25) is 0 Å². The number of hydrogen-bond donors (Lipinski definition) is 0. The fraction of sp³-hybridized carbons (Fsp3) is 0.294. The number of nitrogens with zero attached hydrogens (tertiary/aromatic N) is 6. The maximum absolute atomic E-state index is 14.2. The first-order valence-corrected chi connectivity index (χ1v) is 14.7. The molecule has 8 heteroatoms. The Kier molecular flexibility index (Phi) is 7.06. The molecule has 2 saturated heterocycles. The van der Waals surface area contributed by atoms with Crippen LogP contribution in [0.4, 0.5) is 4.39 Å². The zero-order valence-corrected chi connectivity index (χ0v) is 23.5. The van der Waals surface area contributed by atoms with Gasteiger partial charge in [0.25, 0.3) is 0 Å². The van der Waals surface area contributed by atoms with Crippen LogP contribution in [0.5, 0.6) is 0 Å². The lowest BCUT2D eigenvalue weighted by Gasteiger charge is -2.40. The van der Waals surface area contributed by atoms with E-state index in [0.29, 0.717) is 5.92 Å². The summed E-state index contributed by atoms with van der Waals surface area (Å²) in [4.78, 5) is 8.91. The Morgan fingerprint density at radius 2 is 1.98 bits per heavy atom. The monoisotopic (exact) mass is 560 g/mol. The molecule has 7 rings (SSSR count). The molecule has 7 nitrogen and oxygen atoms in total. The molecule has 212 valence electrons. The van der Waals surface area contributed by atoms with Gasteiger partial charge in [-0.05, 0) is 74.1 Å². The van der Waals surface area contributed by atoms with Gasteiger partial charge >= 0.3 is 0 Å². The highest BCUT2D eigenvalue weighted by Crippen LogP contribution is 2.37. The molecule has 0 spiro atoms. The van der Waals surface area contributed by atoms with Crippen LogP contribution in [0.2, 0.25) is 0 Å². The summed E-state index contributed by atoms with van der Waals surface area (Å²) in [6, 6.07) is 6.89. The maximum Gasteiger partial charge on any atom is 0.229 e. The normalized spacial score (nSPS) is 22.7. The fourth-order valence-corrected chi connectivity index (χ4v) is 6.32. The summed E-state index contributed by atoms with van der Waals surface area (Å²) in [6.45, 7) is 6.86. The van der Waals surface area contributed by atoms with E-state index in [-0.39, 0.29) is 11.9 Å². The lowest BCUT2D eigenvalue weighted by Crippen LogP contribution is -2.40. The number of allylic oxidation sites excluding steroid dienone is 6. The van der Waals surface area contributed by atoms with Crippen molar-refractivity contribution in [1.29, 1.82) is 0 Å². The smallest absolute Gasteiger partial charge is 0.229 e. The summed E-state index contributed by atoms with van der Waals surface area (Å²) in [5, 5.41) is 11.0. The van der Waals surface area contributed by atoms with E-state index in [4.69, 9.17) is 9.62 Å². The van der Waals surface area contributed by atoms with Crippen LogP contribution in [0.25, 0.3) is 0 Å². The van der Waals surface area contributed by atoms with E-state index in [1.807, 2.05) is 11.1 Å². The highest BCUT2D eigenvalue weighted by Gasteiger charge is 2.31. The summed E-state index contributed by atoms with van der Waals surface area (Å²) in [5.74, 6) is 1.70. The second kappa shape index (κ2) is 11.3. The molecule has 1 aliphatic carbocycles. The van der Waals surface area contributed by atoms with Crippen LogP contribution in [0.15, 0.2) is 129 Å². The molecule has 0 bridgehead atoms. The van der Waals surface area contributed by atoms with Gasteiger partial charge in [0.05, 0.1) is 23.1 Å². The Hall–Kier alpha value is -4.68. The SMILES string of the molecule is C=C1CCN(C2=NN3C(=CCC=C3C3=CC=CC(N4CCC(c5ncno5)CC4)=C=C3)C=C2)C(c2cccc(F)c2)C1.